The molecule has 2 aromatic heterocycles. The summed E-state index contributed by atoms with van der Waals surface area (Å²) in [5, 5.41) is 3.63. The molecule has 0 spiro atoms. The lowest BCUT2D eigenvalue weighted by Gasteiger charge is -2.03. The van der Waals surface area contributed by atoms with Crippen LogP contribution in [-0.2, 0) is 0 Å². The molecule has 0 saturated carbocycles. The Morgan fingerprint density at radius 3 is 2.79 bits per heavy atom. The fourth-order valence-corrected chi connectivity index (χ4v) is 1.96. The number of hydrogen-bond acceptors (Lipinski definition) is 3. The monoisotopic (exact) mass is 252 g/mol. The summed E-state index contributed by atoms with van der Waals surface area (Å²) in [6.07, 6.45) is 4.94. The molecule has 1 amide bonds. The number of nitrogen functional groups attached to an aromatic ring is 1. The maximum atomic E-state index is 12.2. The Kier molecular flexibility index (Phi) is 2.64. The minimum atomic E-state index is -0.178. The van der Waals surface area contributed by atoms with E-state index in [4.69, 9.17) is 5.73 Å². The third kappa shape index (κ3) is 2.13. The minimum Gasteiger partial charge on any atom is -0.399 e. The van der Waals surface area contributed by atoms with Gasteiger partial charge in [0, 0.05) is 40.9 Å². The molecule has 0 saturated heterocycles. The zero-order valence-electron chi connectivity index (χ0n) is 10.1. The number of aromatic nitrogens is 2. The van der Waals surface area contributed by atoms with Gasteiger partial charge in [0.15, 0.2) is 0 Å². The number of aromatic amines is 1. The van der Waals surface area contributed by atoms with Crippen molar-refractivity contribution in [2.24, 2.45) is 0 Å². The molecule has 0 aliphatic rings. The van der Waals surface area contributed by atoms with Crippen molar-refractivity contribution in [3.05, 3.63) is 54.5 Å². The van der Waals surface area contributed by atoms with E-state index in [9.17, 15) is 4.79 Å². The normalized spacial score (nSPS) is 10.5. The van der Waals surface area contributed by atoms with Crippen molar-refractivity contribution in [2.75, 3.05) is 11.1 Å². The van der Waals surface area contributed by atoms with Crippen molar-refractivity contribution < 1.29 is 4.79 Å². The van der Waals surface area contributed by atoms with Gasteiger partial charge in [-0.3, -0.25) is 9.78 Å². The van der Waals surface area contributed by atoms with Crippen LogP contribution >= 0.6 is 0 Å². The van der Waals surface area contributed by atoms with Crippen molar-refractivity contribution in [3.63, 3.8) is 0 Å². The van der Waals surface area contributed by atoms with Gasteiger partial charge in [-0.15, -0.1) is 0 Å². The van der Waals surface area contributed by atoms with E-state index in [-0.39, 0.29) is 5.91 Å². The number of carbonyl (C=O) groups excluding carboxylic acids is 1. The molecule has 1 aromatic carbocycles. The topological polar surface area (TPSA) is 83.8 Å². The molecule has 3 aromatic rings. The third-order valence-electron chi connectivity index (χ3n) is 2.89. The number of benzene rings is 1. The highest BCUT2D eigenvalue weighted by Gasteiger charge is 2.12. The Morgan fingerprint density at radius 1 is 1.21 bits per heavy atom. The number of H-pyrrole nitrogens is 1. The molecule has 4 N–H and O–H groups in total. The van der Waals surface area contributed by atoms with Gasteiger partial charge in [0.05, 0.1) is 5.56 Å². The summed E-state index contributed by atoms with van der Waals surface area (Å²) in [7, 11) is 0. The van der Waals surface area contributed by atoms with Crippen LogP contribution < -0.4 is 11.1 Å². The molecule has 0 radical (unpaired) electrons. The number of amides is 1. The Morgan fingerprint density at radius 2 is 2.00 bits per heavy atom. The number of rotatable bonds is 2. The van der Waals surface area contributed by atoms with Crippen LogP contribution in [-0.4, -0.2) is 15.9 Å². The van der Waals surface area contributed by atoms with Gasteiger partial charge in [0.2, 0.25) is 0 Å². The van der Waals surface area contributed by atoms with Gasteiger partial charge in [-0.05, 0) is 30.3 Å². The number of nitrogens with zero attached hydrogens (tertiary/aromatic N) is 1. The molecule has 0 aliphatic carbocycles. The molecule has 94 valence electrons. The largest absolute Gasteiger partial charge is 0.399 e. The summed E-state index contributed by atoms with van der Waals surface area (Å²) in [4.78, 5) is 19.2. The van der Waals surface area contributed by atoms with Crippen molar-refractivity contribution in [3.8, 4) is 0 Å². The van der Waals surface area contributed by atoms with E-state index in [0.717, 1.165) is 10.9 Å². The van der Waals surface area contributed by atoms with Crippen LogP contribution in [0.4, 0.5) is 11.4 Å². The van der Waals surface area contributed by atoms with Crippen LogP contribution in [0.2, 0.25) is 0 Å². The first kappa shape index (κ1) is 11.3. The molecule has 19 heavy (non-hydrogen) atoms. The van der Waals surface area contributed by atoms with Crippen molar-refractivity contribution in [1.29, 1.82) is 0 Å². The van der Waals surface area contributed by atoms with Gasteiger partial charge in [0.25, 0.3) is 5.91 Å². The van der Waals surface area contributed by atoms with E-state index in [0.29, 0.717) is 16.9 Å². The van der Waals surface area contributed by atoms with Crippen LogP contribution in [0.5, 0.6) is 0 Å². The molecule has 2 heterocycles. The maximum Gasteiger partial charge on any atom is 0.257 e. The Bertz CT molecular complexity index is 734. The standard InChI is InChI=1S/C14H12N4O/c15-9-1-2-13-11(7-9)12(8-17-13)14(19)18-10-3-5-16-6-4-10/h1-8,17H,15H2,(H,16,18,19). The van der Waals surface area contributed by atoms with Crippen molar-refractivity contribution in [1.82, 2.24) is 9.97 Å². The Labute approximate surface area is 109 Å². The summed E-state index contributed by atoms with van der Waals surface area (Å²) in [5.74, 6) is -0.178. The lowest BCUT2D eigenvalue weighted by Crippen LogP contribution is -2.11. The fourth-order valence-electron chi connectivity index (χ4n) is 1.96. The lowest BCUT2D eigenvalue weighted by atomic mass is 10.1. The molecule has 0 unspecified atom stereocenters. The number of pyridine rings is 1. The average molecular weight is 252 g/mol. The van der Waals surface area contributed by atoms with Crippen LogP contribution in [0.25, 0.3) is 10.9 Å². The van der Waals surface area contributed by atoms with Gasteiger partial charge in [-0.1, -0.05) is 0 Å². The van der Waals surface area contributed by atoms with E-state index in [1.54, 1.807) is 42.9 Å². The molecular weight excluding hydrogens is 240 g/mol. The van der Waals surface area contributed by atoms with E-state index < -0.39 is 0 Å². The van der Waals surface area contributed by atoms with Crippen molar-refractivity contribution in [2.45, 2.75) is 0 Å². The summed E-state index contributed by atoms with van der Waals surface area (Å²) in [5.41, 5.74) is 8.54. The second-order valence-electron chi connectivity index (χ2n) is 4.20. The summed E-state index contributed by atoms with van der Waals surface area (Å²) >= 11 is 0. The van der Waals surface area contributed by atoms with Gasteiger partial charge in [0.1, 0.15) is 0 Å². The number of nitrogens with one attached hydrogen (secondary N) is 2. The Hall–Kier alpha value is -2.82. The second-order valence-corrected chi connectivity index (χ2v) is 4.20. The van der Waals surface area contributed by atoms with Crippen LogP contribution in [0.15, 0.2) is 48.9 Å². The highest BCUT2D eigenvalue weighted by Crippen LogP contribution is 2.21. The first-order valence-corrected chi connectivity index (χ1v) is 5.82. The zero-order chi connectivity index (χ0) is 13.2. The number of fused-ring (bicyclic) bond motifs is 1. The van der Waals surface area contributed by atoms with Gasteiger partial charge >= 0.3 is 0 Å². The Balaban J connectivity index is 1.96. The number of hydrogen-bond donors (Lipinski definition) is 3. The predicted octanol–water partition coefficient (Wildman–Crippen LogP) is 2.40. The van der Waals surface area contributed by atoms with Crippen molar-refractivity contribution >= 4 is 28.2 Å². The van der Waals surface area contributed by atoms with Crippen LogP contribution in [0.1, 0.15) is 10.4 Å². The molecule has 5 heteroatoms. The molecule has 0 aliphatic heterocycles. The van der Waals surface area contributed by atoms with Crippen LogP contribution in [0.3, 0.4) is 0 Å². The predicted molar refractivity (Wildman–Crippen MR) is 74.9 cm³/mol. The van der Waals surface area contributed by atoms with E-state index >= 15 is 0 Å². The smallest absolute Gasteiger partial charge is 0.257 e. The van der Waals surface area contributed by atoms with E-state index in [1.807, 2.05) is 6.07 Å². The van der Waals surface area contributed by atoms with Gasteiger partial charge in [-0.25, -0.2) is 0 Å². The maximum absolute atomic E-state index is 12.2. The first-order valence-electron chi connectivity index (χ1n) is 5.82. The number of nitrogens with two attached hydrogens (primary N) is 1. The zero-order valence-corrected chi connectivity index (χ0v) is 10.1. The van der Waals surface area contributed by atoms with E-state index in [1.165, 1.54) is 0 Å². The molecular formula is C14H12N4O. The molecule has 5 nitrogen and oxygen atoms in total. The molecule has 3 rings (SSSR count). The number of anilines is 2. The SMILES string of the molecule is Nc1ccc2[nH]cc(C(=O)Nc3ccncc3)c2c1. The summed E-state index contributed by atoms with van der Waals surface area (Å²) in [6.45, 7) is 0. The third-order valence-corrected chi connectivity index (χ3v) is 2.89. The van der Waals surface area contributed by atoms with Crippen LogP contribution in [0, 0.1) is 0 Å². The first-order chi connectivity index (χ1) is 9.24. The number of carbonyl (C=O) groups is 1. The quantitative estimate of drug-likeness (QED) is 0.612. The second kappa shape index (κ2) is 4.45. The molecule has 0 fully saturated rings. The molecule has 0 bridgehead atoms. The average Bonchev–Trinajstić information content (AvgIpc) is 2.82. The van der Waals surface area contributed by atoms with Gasteiger partial charge in [-0.2, -0.15) is 0 Å². The minimum absolute atomic E-state index is 0.178. The summed E-state index contributed by atoms with van der Waals surface area (Å²) < 4.78 is 0. The molecule has 0 atom stereocenters. The van der Waals surface area contributed by atoms with Gasteiger partial charge < -0.3 is 16.0 Å². The highest BCUT2D eigenvalue weighted by molar-refractivity contribution is 6.13. The summed E-state index contributed by atoms with van der Waals surface area (Å²) in [6, 6.07) is 8.91. The fraction of sp³-hybridized carbons (Fsp3) is 0. The van der Waals surface area contributed by atoms with E-state index in [2.05, 4.69) is 15.3 Å². The highest BCUT2D eigenvalue weighted by atomic mass is 16.1. The lowest BCUT2D eigenvalue weighted by molar-refractivity contribution is 0.102.